The Morgan fingerprint density at radius 2 is 1.62 bits per heavy atom. The molecule has 0 aromatic carbocycles. The zero-order chi connectivity index (χ0) is 21.0. The number of amides is 2. The maximum absolute atomic E-state index is 11.9. The van der Waals surface area contributed by atoms with Crippen molar-refractivity contribution in [1.29, 1.82) is 0 Å². The number of aliphatic imine (C=N–C) groups is 1. The zero-order valence-electron chi connectivity index (χ0n) is 18.3. The summed E-state index contributed by atoms with van der Waals surface area (Å²) in [6.07, 6.45) is 3.19. The summed E-state index contributed by atoms with van der Waals surface area (Å²) in [4.78, 5) is 28.0. The van der Waals surface area contributed by atoms with Gasteiger partial charge in [-0.15, -0.1) is 24.0 Å². The number of nitrogens with zero attached hydrogens (tertiary/aromatic N) is 1. The summed E-state index contributed by atoms with van der Waals surface area (Å²) >= 11 is 0. The molecule has 0 unspecified atom stereocenters. The fourth-order valence-corrected chi connectivity index (χ4v) is 2.87. The first-order valence-corrected chi connectivity index (χ1v) is 10.0. The molecule has 0 heterocycles. The van der Waals surface area contributed by atoms with Gasteiger partial charge in [-0.2, -0.15) is 0 Å². The maximum atomic E-state index is 11.9. The van der Waals surface area contributed by atoms with Gasteiger partial charge in [0.2, 0.25) is 5.91 Å². The van der Waals surface area contributed by atoms with E-state index in [9.17, 15) is 9.59 Å². The Kier molecular flexibility index (Phi) is 14.0. The van der Waals surface area contributed by atoms with Gasteiger partial charge in [-0.05, 0) is 53.4 Å². The Morgan fingerprint density at radius 3 is 2.14 bits per heavy atom. The van der Waals surface area contributed by atoms with E-state index in [0.29, 0.717) is 25.7 Å². The van der Waals surface area contributed by atoms with Gasteiger partial charge in [-0.3, -0.25) is 4.79 Å². The number of ether oxygens (including phenoxy) is 2. The van der Waals surface area contributed by atoms with Crippen LogP contribution in [0.2, 0.25) is 0 Å². The van der Waals surface area contributed by atoms with Gasteiger partial charge >= 0.3 is 6.09 Å². The first-order chi connectivity index (χ1) is 13.2. The van der Waals surface area contributed by atoms with E-state index in [4.69, 9.17) is 9.47 Å². The molecule has 29 heavy (non-hydrogen) atoms. The van der Waals surface area contributed by atoms with Crippen molar-refractivity contribution in [3.05, 3.63) is 0 Å². The van der Waals surface area contributed by atoms with Gasteiger partial charge in [0, 0.05) is 32.3 Å². The van der Waals surface area contributed by atoms with E-state index in [1.807, 2.05) is 27.7 Å². The van der Waals surface area contributed by atoms with E-state index in [0.717, 1.165) is 25.7 Å². The smallest absolute Gasteiger partial charge is 0.407 e. The average Bonchev–Trinajstić information content (AvgIpc) is 2.60. The zero-order valence-corrected chi connectivity index (χ0v) is 20.6. The minimum atomic E-state index is -0.490. The van der Waals surface area contributed by atoms with Crippen LogP contribution in [0.15, 0.2) is 4.99 Å². The van der Waals surface area contributed by atoms with Gasteiger partial charge in [0.15, 0.2) is 5.96 Å². The fourth-order valence-electron chi connectivity index (χ4n) is 2.87. The van der Waals surface area contributed by atoms with Crippen molar-refractivity contribution in [1.82, 2.24) is 21.3 Å². The lowest BCUT2D eigenvalue weighted by molar-refractivity contribution is -0.119. The Labute approximate surface area is 191 Å². The second-order valence-corrected chi connectivity index (χ2v) is 7.88. The molecule has 0 atom stereocenters. The molecule has 0 aromatic heterocycles. The number of nitrogens with one attached hydrogen (secondary N) is 4. The van der Waals surface area contributed by atoms with Gasteiger partial charge < -0.3 is 30.7 Å². The molecule has 2 amide bonds. The number of guanidine groups is 1. The number of halogens is 1. The van der Waals surface area contributed by atoms with E-state index in [1.165, 1.54) is 0 Å². The van der Waals surface area contributed by atoms with E-state index < -0.39 is 5.60 Å². The summed E-state index contributed by atoms with van der Waals surface area (Å²) in [6, 6.07) is 0.380. The standard InChI is InChI=1S/C19H37N5O4.HI/c1-6-20-17(22-13-16(25)21-11-12-27-5)23-14-7-9-15(10-8-14)24-18(26)28-19(2,3)4;/h14-15H,6-13H2,1-5H3,(H,21,25)(H,24,26)(H2,20,22,23);1H. The number of hydrogen-bond acceptors (Lipinski definition) is 5. The second kappa shape index (κ2) is 14.6. The molecule has 1 aliphatic rings. The average molecular weight is 527 g/mol. The molecule has 1 rings (SSSR count). The molecule has 1 aliphatic carbocycles. The molecule has 1 saturated carbocycles. The van der Waals surface area contributed by atoms with Crippen LogP contribution in [0.5, 0.6) is 0 Å². The molecule has 0 spiro atoms. The number of hydrogen-bond donors (Lipinski definition) is 4. The third-order valence-electron chi connectivity index (χ3n) is 4.14. The summed E-state index contributed by atoms with van der Waals surface area (Å²) in [5.74, 6) is 0.493. The molecule has 0 radical (unpaired) electrons. The molecule has 170 valence electrons. The molecular weight excluding hydrogens is 489 g/mol. The third kappa shape index (κ3) is 13.5. The van der Waals surface area contributed by atoms with Crippen molar-refractivity contribution in [3.8, 4) is 0 Å². The molecule has 0 aliphatic heterocycles. The first kappa shape index (κ1) is 27.7. The van der Waals surface area contributed by atoms with Crippen molar-refractivity contribution < 1.29 is 19.1 Å². The lowest BCUT2D eigenvalue weighted by Gasteiger charge is -2.31. The number of carbonyl (C=O) groups excluding carboxylic acids is 2. The Bertz CT molecular complexity index is 517. The SMILES string of the molecule is CCNC(=NCC(=O)NCCOC)NC1CCC(NC(=O)OC(C)(C)C)CC1.I. The van der Waals surface area contributed by atoms with Crippen LogP contribution in [0.25, 0.3) is 0 Å². The topological polar surface area (TPSA) is 113 Å². The van der Waals surface area contributed by atoms with Gasteiger partial charge in [-0.1, -0.05) is 0 Å². The minimum Gasteiger partial charge on any atom is -0.444 e. The molecule has 0 saturated heterocycles. The molecule has 4 N–H and O–H groups in total. The quantitative estimate of drug-likeness (QED) is 0.166. The highest BCUT2D eigenvalue weighted by atomic mass is 127. The Morgan fingerprint density at radius 1 is 1.03 bits per heavy atom. The van der Waals surface area contributed by atoms with Crippen LogP contribution in [-0.2, 0) is 14.3 Å². The fraction of sp³-hybridized carbons (Fsp3) is 0.842. The summed E-state index contributed by atoms with van der Waals surface area (Å²) < 4.78 is 10.2. The molecule has 0 bridgehead atoms. The lowest BCUT2D eigenvalue weighted by atomic mass is 9.91. The summed E-state index contributed by atoms with van der Waals surface area (Å²) in [7, 11) is 1.59. The van der Waals surface area contributed by atoms with Crippen LogP contribution in [0, 0.1) is 0 Å². The van der Waals surface area contributed by atoms with Gasteiger partial charge in [0.05, 0.1) is 6.61 Å². The predicted octanol–water partition coefficient (Wildman–Crippen LogP) is 1.76. The van der Waals surface area contributed by atoms with Crippen LogP contribution in [-0.4, -0.2) is 69.0 Å². The van der Waals surface area contributed by atoms with Crippen LogP contribution in [0.1, 0.15) is 53.4 Å². The number of carbonyl (C=O) groups is 2. The van der Waals surface area contributed by atoms with Gasteiger partial charge in [-0.25, -0.2) is 9.79 Å². The van der Waals surface area contributed by atoms with Crippen molar-refractivity contribution in [2.45, 2.75) is 71.1 Å². The summed E-state index contributed by atoms with van der Waals surface area (Å²) in [5.41, 5.74) is -0.490. The normalized spacial score (nSPS) is 19.6. The Balaban J connectivity index is 0.00000784. The first-order valence-electron chi connectivity index (χ1n) is 10.0. The van der Waals surface area contributed by atoms with E-state index in [-0.39, 0.29) is 54.6 Å². The van der Waals surface area contributed by atoms with Crippen molar-refractivity contribution >= 4 is 41.9 Å². The highest BCUT2D eigenvalue weighted by Gasteiger charge is 2.25. The molecule has 1 fully saturated rings. The van der Waals surface area contributed by atoms with Crippen LogP contribution in [0.3, 0.4) is 0 Å². The van der Waals surface area contributed by atoms with Gasteiger partial charge in [0.25, 0.3) is 0 Å². The Hall–Kier alpha value is -1.30. The molecule has 9 nitrogen and oxygen atoms in total. The van der Waals surface area contributed by atoms with Crippen LogP contribution < -0.4 is 21.3 Å². The van der Waals surface area contributed by atoms with Gasteiger partial charge in [0.1, 0.15) is 12.1 Å². The number of methoxy groups -OCH3 is 1. The van der Waals surface area contributed by atoms with Crippen molar-refractivity contribution in [2.24, 2.45) is 4.99 Å². The van der Waals surface area contributed by atoms with E-state index in [1.54, 1.807) is 7.11 Å². The van der Waals surface area contributed by atoms with Crippen molar-refractivity contribution in [3.63, 3.8) is 0 Å². The lowest BCUT2D eigenvalue weighted by Crippen LogP contribution is -2.48. The molecular formula is C19H38IN5O4. The third-order valence-corrected chi connectivity index (χ3v) is 4.14. The predicted molar refractivity (Wildman–Crippen MR) is 125 cm³/mol. The molecule has 0 aromatic rings. The summed E-state index contributed by atoms with van der Waals surface area (Å²) in [5, 5.41) is 12.2. The number of alkyl carbamates (subject to hydrolysis) is 1. The van der Waals surface area contributed by atoms with Crippen molar-refractivity contribution in [2.75, 3.05) is 33.4 Å². The highest BCUT2D eigenvalue weighted by Crippen LogP contribution is 2.19. The summed E-state index contributed by atoms with van der Waals surface area (Å²) in [6.45, 7) is 9.28. The monoisotopic (exact) mass is 527 g/mol. The van der Waals surface area contributed by atoms with E-state index in [2.05, 4.69) is 26.3 Å². The highest BCUT2D eigenvalue weighted by molar-refractivity contribution is 14.0. The minimum absolute atomic E-state index is 0. The van der Waals surface area contributed by atoms with Crippen LogP contribution in [0.4, 0.5) is 4.79 Å². The molecule has 10 heteroatoms. The number of rotatable bonds is 8. The largest absolute Gasteiger partial charge is 0.444 e. The van der Waals surface area contributed by atoms with Crippen LogP contribution >= 0.6 is 24.0 Å². The second-order valence-electron chi connectivity index (χ2n) is 7.88. The maximum Gasteiger partial charge on any atom is 0.407 e. The van der Waals surface area contributed by atoms with E-state index >= 15 is 0 Å².